The Labute approximate surface area is 104 Å². The lowest BCUT2D eigenvalue weighted by Crippen LogP contribution is -2.48. The molecule has 17 heavy (non-hydrogen) atoms. The quantitative estimate of drug-likeness (QED) is 0.739. The van der Waals surface area contributed by atoms with Gasteiger partial charge < -0.3 is 10.0 Å². The monoisotopic (exact) mass is 240 g/mol. The van der Waals surface area contributed by atoms with E-state index in [1.165, 1.54) is 0 Å². The summed E-state index contributed by atoms with van der Waals surface area (Å²) in [5.41, 5.74) is -0.974. The number of amides is 1. The average molecular weight is 240 g/mol. The van der Waals surface area contributed by atoms with Crippen LogP contribution in [0.3, 0.4) is 0 Å². The minimum Gasteiger partial charge on any atom is -0.395 e. The fraction of sp³-hybridized carbons (Fsp3) is 0.846. The highest BCUT2D eigenvalue weighted by Gasteiger charge is 2.37. The number of carbonyl (C=O) groups is 1. The lowest BCUT2D eigenvalue weighted by Gasteiger charge is -2.34. The standard InChI is InChI=1S/C13H24N2O2/c1-5-11(6-2)15(8-9-16)12(17)13(4,7-3)10-14/h11,16H,5-9H2,1-4H3. The Morgan fingerprint density at radius 3 is 2.24 bits per heavy atom. The van der Waals surface area contributed by atoms with E-state index in [9.17, 15) is 4.79 Å². The number of hydrogen-bond acceptors (Lipinski definition) is 3. The molecule has 0 aliphatic rings. The first kappa shape index (κ1) is 15.9. The van der Waals surface area contributed by atoms with Gasteiger partial charge in [-0.1, -0.05) is 20.8 Å². The average Bonchev–Trinajstić information content (AvgIpc) is 2.37. The molecule has 1 unspecified atom stereocenters. The summed E-state index contributed by atoms with van der Waals surface area (Å²) in [6.45, 7) is 7.78. The van der Waals surface area contributed by atoms with Crippen molar-refractivity contribution in [1.82, 2.24) is 4.90 Å². The number of aliphatic hydroxyl groups excluding tert-OH is 1. The summed E-state index contributed by atoms with van der Waals surface area (Å²) in [4.78, 5) is 14.0. The molecule has 0 radical (unpaired) electrons. The number of nitriles is 1. The normalized spacial score (nSPS) is 14.2. The van der Waals surface area contributed by atoms with Crippen LogP contribution in [0.2, 0.25) is 0 Å². The van der Waals surface area contributed by atoms with Gasteiger partial charge in [0.05, 0.1) is 12.7 Å². The second kappa shape index (κ2) is 7.29. The lowest BCUT2D eigenvalue weighted by atomic mass is 9.87. The second-order valence-corrected chi connectivity index (χ2v) is 4.49. The molecular weight excluding hydrogens is 216 g/mol. The molecule has 0 fully saturated rings. The first-order valence-electron chi connectivity index (χ1n) is 6.33. The summed E-state index contributed by atoms with van der Waals surface area (Å²) in [6, 6.07) is 2.20. The molecule has 0 aliphatic heterocycles. The zero-order chi connectivity index (χ0) is 13.5. The van der Waals surface area contributed by atoms with Crippen molar-refractivity contribution in [3.63, 3.8) is 0 Å². The third-order valence-corrected chi connectivity index (χ3v) is 3.41. The Hall–Kier alpha value is -1.08. The SMILES string of the molecule is CCC(CC)N(CCO)C(=O)C(C)(C#N)CC. The van der Waals surface area contributed by atoms with Crippen LogP contribution in [0.4, 0.5) is 0 Å². The molecule has 0 heterocycles. The molecule has 0 rings (SSSR count). The van der Waals surface area contributed by atoms with Gasteiger partial charge in [0, 0.05) is 12.6 Å². The van der Waals surface area contributed by atoms with Crippen molar-refractivity contribution in [1.29, 1.82) is 5.26 Å². The molecule has 4 nitrogen and oxygen atoms in total. The Kier molecular flexibility index (Phi) is 6.82. The van der Waals surface area contributed by atoms with E-state index in [4.69, 9.17) is 10.4 Å². The Bertz CT molecular complexity index is 282. The van der Waals surface area contributed by atoms with Crippen molar-refractivity contribution >= 4 is 5.91 Å². The lowest BCUT2D eigenvalue weighted by molar-refractivity contribution is -0.141. The Morgan fingerprint density at radius 1 is 1.41 bits per heavy atom. The molecule has 0 aromatic rings. The van der Waals surface area contributed by atoms with Gasteiger partial charge in [0.2, 0.25) is 5.91 Å². The van der Waals surface area contributed by atoms with Crippen molar-refractivity contribution in [2.75, 3.05) is 13.2 Å². The van der Waals surface area contributed by atoms with Gasteiger partial charge in [0.25, 0.3) is 0 Å². The molecule has 1 amide bonds. The molecule has 0 spiro atoms. The molecule has 0 aromatic heterocycles. The van der Waals surface area contributed by atoms with E-state index < -0.39 is 5.41 Å². The highest BCUT2D eigenvalue weighted by molar-refractivity contribution is 5.85. The van der Waals surface area contributed by atoms with Gasteiger partial charge in [-0.05, 0) is 26.2 Å². The maximum atomic E-state index is 12.4. The third kappa shape index (κ3) is 3.71. The number of nitrogens with zero attached hydrogens (tertiary/aromatic N) is 2. The first-order chi connectivity index (χ1) is 8.00. The van der Waals surface area contributed by atoms with Gasteiger partial charge in [-0.25, -0.2) is 0 Å². The molecule has 98 valence electrons. The number of carbonyl (C=O) groups excluding carboxylic acids is 1. The van der Waals surface area contributed by atoms with E-state index >= 15 is 0 Å². The van der Waals surface area contributed by atoms with Crippen molar-refractivity contribution < 1.29 is 9.90 Å². The fourth-order valence-corrected chi connectivity index (χ4v) is 1.88. The van der Waals surface area contributed by atoms with Gasteiger partial charge in [0.15, 0.2) is 0 Å². The van der Waals surface area contributed by atoms with Crippen molar-refractivity contribution in [3.05, 3.63) is 0 Å². The van der Waals surface area contributed by atoms with Crippen LogP contribution in [-0.2, 0) is 4.79 Å². The Balaban J connectivity index is 5.06. The van der Waals surface area contributed by atoms with Gasteiger partial charge in [0.1, 0.15) is 5.41 Å². The highest BCUT2D eigenvalue weighted by Crippen LogP contribution is 2.25. The molecule has 4 heteroatoms. The molecule has 0 saturated carbocycles. The van der Waals surface area contributed by atoms with Crippen molar-refractivity contribution in [2.45, 2.75) is 53.0 Å². The van der Waals surface area contributed by atoms with E-state index in [0.29, 0.717) is 13.0 Å². The van der Waals surface area contributed by atoms with Gasteiger partial charge in [-0.15, -0.1) is 0 Å². The van der Waals surface area contributed by atoms with Gasteiger partial charge in [-0.2, -0.15) is 5.26 Å². The van der Waals surface area contributed by atoms with Crippen LogP contribution >= 0.6 is 0 Å². The third-order valence-electron chi connectivity index (χ3n) is 3.41. The molecule has 0 aliphatic carbocycles. The van der Waals surface area contributed by atoms with Crippen LogP contribution in [0.1, 0.15) is 47.0 Å². The molecular formula is C13H24N2O2. The summed E-state index contributed by atoms with van der Waals surface area (Å²) < 4.78 is 0. The van der Waals surface area contributed by atoms with Crippen molar-refractivity contribution in [2.24, 2.45) is 5.41 Å². The zero-order valence-corrected chi connectivity index (χ0v) is 11.4. The number of hydrogen-bond donors (Lipinski definition) is 1. The van der Waals surface area contributed by atoms with Crippen LogP contribution in [0.15, 0.2) is 0 Å². The van der Waals surface area contributed by atoms with Crippen LogP contribution in [-0.4, -0.2) is 35.1 Å². The molecule has 1 N–H and O–H groups in total. The molecule has 1 atom stereocenters. The second-order valence-electron chi connectivity index (χ2n) is 4.49. The predicted molar refractivity (Wildman–Crippen MR) is 67.2 cm³/mol. The van der Waals surface area contributed by atoms with E-state index in [-0.39, 0.29) is 18.6 Å². The highest BCUT2D eigenvalue weighted by atomic mass is 16.3. The smallest absolute Gasteiger partial charge is 0.243 e. The Morgan fingerprint density at radius 2 is 1.94 bits per heavy atom. The summed E-state index contributed by atoms with van der Waals surface area (Å²) in [5.74, 6) is -0.162. The summed E-state index contributed by atoms with van der Waals surface area (Å²) in [7, 11) is 0. The predicted octanol–water partition coefficient (Wildman–Crippen LogP) is 1.94. The maximum absolute atomic E-state index is 12.4. The number of aliphatic hydroxyl groups is 1. The fourth-order valence-electron chi connectivity index (χ4n) is 1.88. The van der Waals surface area contributed by atoms with Crippen molar-refractivity contribution in [3.8, 4) is 6.07 Å². The summed E-state index contributed by atoms with van der Waals surface area (Å²) in [5, 5.41) is 18.2. The molecule has 0 bridgehead atoms. The van der Waals surface area contributed by atoms with Crippen LogP contribution in [0.25, 0.3) is 0 Å². The van der Waals surface area contributed by atoms with Crippen LogP contribution in [0, 0.1) is 16.7 Å². The van der Waals surface area contributed by atoms with Crippen LogP contribution in [0.5, 0.6) is 0 Å². The van der Waals surface area contributed by atoms with E-state index in [2.05, 4.69) is 6.07 Å². The maximum Gasteiger partial charge on any atom is 0.243 e. The minimum absolute atomic E-state index is 0.0620. The largest absolute Gasteiger partial charge is 0.395 e. The van der Waals surface area contributed by atoms with E-state index in [0.717, 1.165) is 12.8 Å². The number of rotatable bonds is 7. The van der Waals surface area contributed by atoms with Gasteiger partial charge >= 0.3 is 0 Å². The molecule has 0 saturated heterocycles. The minimum atomic E-state index is -0.974. The molecule has 0 aromatic carbocycles. The van der Waals surface area contributed by atoms with Gasteiger partial charge in [-0.3, -0.25) is 4.79 Å². The first-order valence-corrected chi connectivity index (χ1v) is 6.33. The topological polar surface area (TPSA) is 64.3 Å². The van der Waals surface area contributed by atoms with E-state index in [1.807, 2.05) is 20.8 Å². The van der Waals surface area contributed by atoms with Crippen LogP contribution < -0.4 is 0 Å². The summed E-state index contributed by atoms with van der Waals surface area (Å²) >= 11 is 0. The summed E-state index contributed by atoms with van der Waals surface area (Å²) in [6.07, 6.45) is 2.17. The van der Waals surface area contributed by atoms with E-state index in [1.54, 1.807) is 11.8 Å². The zero-order valence-electron chi connectivity index (χ0n) is 11.4.